The molecule has 0 unspecified atom stereocenters. The Morgan fingerprint density at radius 2 is 0.796 bits per heavy atom. The topological polar surface area (TPSA) is 25.8 Å². The van der Waals surface area contributed by atoms with Crippen LogP contribution in [0, 0.1) is 0 Å². The Hall–Kier alpha value is -7.16. The van der Waals surface area contributed by atoms with E-state index in [2.05, 4.69) is 199 Å². The van der Waals surface area contributed by atoms with Gasteiger partial charge in [-0.2, -0.15) is 0 Å². The SMILES string of the molecule is c1ccc(-c2cccc(-c3cc(-c4cc5ccccc5c5ccccc45)cc(-c4ccc(-c5cccc(-c6cncc7ccccc67)c5)cc4)n3)c2)cc1. The van der Waals surface area contributed by atoms with E-state index in [9.17, 15) is 0 Å². The monoisotopic (exact) mass is 686 g/mol. The normalized spacial score (nSPS) is 11.3. The third-order valence-corrected chi connectivity index (χ3v) is 10.5. The lowest BCUT2D eigenvalue weighted by atomic mass is 9.91. The Kier molecular flexibility index (Phi) is 7.85. The van der Waals surface area contributed by atoms with Gasteiger partial charge in [-0.3, -0.25) is 4.98 Å². The molecule has 0 atom stereocenters. The number of hydrogen-bond acceptors (Lipinski definition) is 2. The molecule has 0 fully saturated rings. The van der Waals surface area contributed by atoms with E-state index >= 15 is 0 Å². The Bertz CT molecular complexity index is 2980. The van der Waals surface area contributed by atoms with E-state index in [0.29, 0.717) is 0 Å². The number of benzene rings is 8. The fourth-order valence-corrected chi connectivity index (χ4v) is 7.81. The highest BCUT2D eigenvalue weighted by molar-refractivity contribution is 6.14. The van der Waals surface area contributed by atoms with Gasteiger partial charge in [-0.1, -0.05) is 164 Å². The van der Waals surface area contributed by atoms with Gasteiger partial charge in [0.2, 0.25) is 0 Å². The van der Waals surface area contributed by atoms with E-state index in [1.54, 1.807) is 0 Å². The van der Waals surface area contributed by atoms with E-state index in [0.717, 1.165) is 55.7 Å². The second-order valence-electron chi connectivity index (χ2n) is 13.8. The fourth-order valence-electron chi connectivity index (χ4n) is 7.81. The lowest BCUT2D eigenvalue weighted by Gasteiger charge is -2.15. The highest BCUT2D eigenvalue weighted by Gasteiger charge is 2.14. The lowest BCUT2D eigenvalue weighted by Crippen LogP contribution is -1.93. The Morgan fingerprint density at radius 3 is 1.57 bits per heavy atom. The van der Waals surface area contributed by atoms with Crippen molar-refractivity contribution in [2.24, 2.45) is 0 Å². The molecular weight excluding hydrogens is 653 g/mol. The van der Waals surface area contributed by atoms with Crippen LogP contribution in [0.1, 0.15) is 0 Å². The summed E-state index contributed by atoms with van der Waals surface area (Å²) in [7, 11) is 0. The summed E-state index contributed by atoms with van der Waals surface area (Å²) >= 11 is 0. The van der Waals surface area contributed by atoms with Crippen LogP contribution >= 0.6 is 0 Å². The van der Waals surface area contributed by atoms with E-state index in [4.69, 9.17) is 4.98 Å². The van der Waals surface area contributed by atoms with E-state index in [1.165, 1.54) is 43.6 Å². The van der Waals surface area contributed by atoms with Crippen LogP contribution in [0.3, 0.4) is 0 Å². The number of rotatable bonds is 6. The molecule has 0 amide bonds. The molecule has 0 bridgehead atoms. The minimum absolute atomic E-state index is 0.937. The van der Waals surface area contributed by atoms with Crippen molar-refractivity contribution in [1.82, 2.24) is 9.97 Å². The fraction of sp³-hybridized carbons (Fsp3) is 0. The molecule has 0 aliphatic heterocycles. The Morgan fingerprint density at radius 1 is 0.259 bits per heavy atom. The molecule has 2 aromatic heterocycles. The van der Waals surface area contributed by atoms with E-state index in [1.807, 2.05) is 12.4 Å². The predicted molar refractivity (Wildman–Crippen MR) is 227 cm³/mol. The molecule has 252 valence electrons. The highest BCUT2D eigenvalue weighted by atomic mass is 14.7. The number of fused-ring (bicyclic) bond motifs is 4. The van der Waals surface area contributed by atoms with Crippen LogP contribution < -0.4 is 0 Å². The van der Waals surface area contributed by atoms with Gasteiger partial charge in [0.15, 0.2) is 0 Å². The van der Waals surface area contributed by atoms with Crippen LogP contribution in [0.2, 0.25) is 0 Å². The molecule has 8 aromatic carbocycles. The summed E-state index contributed by atoms with van der Waals surface area (Å²) in [6.07, 6.45) is 3.90. The zero-order valence-corrected chi connectivity index (χ0v) is 29.5. The summed E-state index contributed by atoms with van der Waals surface area (Å²) in [5.41, 5.74) is 13.3. The van der Waals surface area contributed by atoms with Gasteiger partial charge in [-0.15, -0.1) is 0 Å². The van der Waals surface area contributed by atoms with Crippen molar-refractivity contribution in [3.63, 3.8) is 0 Å². The molecule has 2 heterocycles. The molecule has 2 heteroatoms. The van der Waals surface area contributed by atoms with Crippen LogP contribution in [0.25, 0.3) is 99.3 Å². The van der Waals surface area contributed by atoms with Crippen molar-refractivity contribution < 1.29 is 0 Å². The maximum atomic E-state index is 5.35. The van der Waals surface area contributed by atoms with Gasteiger partial charge < -0.3 is 0 Å². The first-order chi connectivity index (χ1) is 26.7. The van der Waals surface area contributed by atoms with E-state index in [-0.39, 0.29) is 0 Å². The number of aromatic nitrogens is 2. The highest BCUT2D eigenvalue weighted by Crippen LogP contribution is 2.39. The molecule has 0 spiro atoms. The molecule has 0 radical (unpaired) electrons. The molecule has 10 aromatic rings. The molecule has 0 aliphatic rings. The molecule has 0 saturated carbocycles. The summed E-state index contributed by atoms with van der Waals surface area (Å²) in [4.78, 5) is 9.89. The smallest absolute Gasteiger partial charge is 0.0715 e. The lowest BCUT2D eigenvalue weighted by molar-refractivity contribution is 1.32. The largest absolute Gasteiger partial charge is 0.263 e. The van der Waals surface area contributed by atoms with Crippen LogP contribution in [-0.4, -0.2) is 9.97 Å². The Balaban J connectivity index is 1.10. The average Bonchev–Trinajstić information content (AvgIpc) is 3.26. The third-order valence-electron chi connectivity index (χ3n) is 10.5. The molecule has 2 nitrogen and oxygen atoms in total. The number of hydrogen-bond donors (Lipinski definition) is 0. The summed E-state index contributed by atoms with van der Waals surface area (Å²) < 4.78 is 0. The van der Waals surface area contributed by atoms with E-state index < -0.39 is 0 Å². The molecule has 10 rings (SSSR count). The third kappa shape index (κ3) is 5.81. The number of nitrogens with zero attached hydrogens (tertiary/aromatic N) is 2. The predicted octanol–water partition coefficient (Wildman–Crippen LogP) is 13.9. The van der Waals surface area contributed by atoms with Gasteiger partial charge in [-0.25, -0.2) is 4.98 Å². The van der Waals surface area contributed by atoms with Gasteiger partial charge in [0.25, 0.3) is 0 Å². The van der Waals surface area contributed by atoms with Gasteiger partial charge in [-0.05, 0) is 96.2 Å². The number of pyridine rings is 2. The second kappa shape index (κ2) is 13.4. The first-order valence-electron chi connectivity index (χ1n) is 18.4. The van der Waals surface area contributed by atoms with Crippen molar-refractivity contribution in [1.29, 1.82) is 0 Å². The molecule has 0 saturated heterocycles. The average molecular weight is 687 g/mol. The van der Waals surface area contributed by atoms with Gasteiger partial charge in [0, 0.05) is 34.5 Å². The quantitative estimate of drug-likeness (QED) is 0.163. The van der Waals surface area contributed by atoms with Gasteiger partial charge in [0.05, 0.1) is 11.4 Å². The van der Waals surface area contributed by atoms with Crippen molar-refractivity contribution in [2.75, 3.05) is 0 Å². The van der Waals surface area contributed by atoms with Crippen LogP contribution in [0.4, 0.5) is 0 Å². The molecule has 0 aliphatic carbocycles. The summed E-state index contributed by atoms with van der Waals surface area (Å²) in [6.45, 7) is 0. The van der Waals surface area contributed by atoms with Crippen LogP contribution in [0.15, 0.2) is 207 Å². The second-order valence-corrected chi connectivity index (χ2v) is 13.8. The minimum Gasteiger partial charge on any atom is -0.263 e. The minimum atomic E-state index is 0.937. The maximum absolute atomic E-state index is 5.35. The first-order valence-corrected chi connectivity index (χ1v) is 18.4. The van der Waals surface area contributed by atoms with Crippen molar-refractivity contribution in [2.45, 2.75) is 0 Å². The van der Waals surface area contributed by atoms with Crippen molar-refractivity contribution >= 4 is 32.3 Å². The first kappa shape index (κ1) is 31.6. The summed E-state index contributed by atoms with van der Waals surface area (Å²) in [5, 5.41) is 7.32. The zero-order chi connectivity index (χ0) is 35.8. The van der Waals surface area contributed by atoms with Gasteiger partial charge >= 0.3 is 0 Å². The van der Waals surface area contributed by atoms with Crippen molar-refractivity contribution in [3.05, 3.63) is 207 Å². The van der Waals surface area contributed by atoms with Crippen LogP contribution in [-0.2, 0) is 0 Å². The molecular formula is C52H34N2. The summed E-state index contributed by atoms with van der Waals surface area (Å²) in [5.74, 6) is 0. The molecule has 0 N–H and O–H groups in total. The standard InChI is InChI=1S/C52H34N2/c1-2-12-35(13-3-1)39-17-11-19-42(29-39)52-32-44(49-30-41-14-4-6-20-45(41)47-22-8-9-23-48(47)49)31-51(54-52)37-26-24-36(25-27-37)38-16-10-18-40(28-38)50-34-53-33-43-15-5-7-21-46(43)50/h1-34H. The maximum Gasteiger partial charge on any atom is 0.0715 e. The van der Waals surface area contributed by atoms with Crippen LogP contribution in [0.5, 0.6) is 0 Å². The molecule has 54 heavy (non-hydrogen) atoms. The zero-order valence-electron chi connectivity index (χ0n) is 29.5. The Labute approximate surface area is 314 Å². The van der Waals surface area contributed by atoms with Gasteiger partial charge in [0.1, 0.15) is 0 Å². The van der Waals surface area contributed by atoms with Crippen molar-refractivity contribution in [3.8, 4) is 67.0 Å². The summed E-state index contributed by atoms with van der Waals surface area (Å²) in [6, 6.07) is 69.6.